The normalized spacial score (nSPS) is 11.5. The van der Waals surface area contributed by atoms with Gasteiger partial charge in [0.2, 0.25) is 10.0 Å². The molecule has 3 aromatic rings. The second-order valence-corrected chi connectivity index (χ2v) is 9.41. The monoisotopic (exact) mass is 441 g/mol. The lowest BCUT2D eigenvalue weighted by atomic mass is 10.2. The van der Waals surface area contributed by atoms with Gasteiger partial charge in [-0.2, -0.15) is 0 Å². The van der Waals surface area contributed by atoms with Crippen LogP contribution in [0.1, 0.15) is 28.7 Å². The smallest absolute Gasteiger partial charge is 0.257 e. The third-order valence-electron chi connectivity index (χ3n) is 4.95. The standard InChI is InChI=1S/C23H27N3O4S/c1-6-30-21-13-12-18(15-22(21)31(28,29)25(4)5)24-23(27)20-14-16(2)26(17(20)3)19-10-8-7-9-11-19/h7-15H,6H2,1-5H3,(H,24,27). The lowest BCUT2D eigenvalue weighted by molar-refractivity contribution is 0.102. The number of ether oxygens (including phenoxy) is 1. The summed E-state index contributed by atoms with van der Waals surface area (Å²) in [5.74, 6) is -0.0657. The number of aromatic nitrogens is 1. The molecule has 8 heteroatoms. The number of benzene rings is 2. The minimum Gasteiger partial charge on any atom is -0.492 e. The largest absolute Gasteiger partial charge is 0.492 e. The first-order valence-electron chi connectivity index (χ1n) is 9.92. The van der Waals surface area contributed by atoms with Crippen LogP contribution >= 0.6 is 0 Å². The Morgan fingerprint density at radius 2 is 1.74 bits per heavy atom. The molecule has 0 saturated heterocycles. The predicted octanol–water partition coefficient (Wildman–Crippen LogP) is 4.00. The summed E-state index contributed by atoms with van der Waals surface area (Å²) in [4.78, 5) is 13.0. The highest BCUT2D eigenvalue weighted by Gasteiger charge is 2.24. The molecule has 1 amide bonds. The summed E-state index contributed by atoms with van der Waals surface area (Å²) in [5, 5.41) is 2.82. The van der Waals surface area contributed by atoms with Crippen molar-refractivity contribution in [2.45, 2.75) is 25.7 Å². The van der Waals surface area contributed by atoms with Crippen molar-refractivity contribution in [3.8, 4) is 11.4 Å². The Bertz CT molecular complexity index is 1200. The maximum atomic E-state index is 13.0. The number of aryl methyl sites for hydroxylation is 1. The lowest BCUT2D eigenvalue weighted by Gasteiger charge is -2.16. The third kappa shape index (κ3) is 4.50. The number of nitrogens with one attached hydrogen (secondary N) is 1. The number of amides is 1. The van der Waals surface area contributed by atoms with Gasteiger partial charge in [-0.3, -0.25) is 4.79 Å². The van der Waals surface area contributed by atoms with Gasteiger partial charge in [-0.05, 0) is 57.2 Å². The van der Waals surface area contributed by atoms with E-state index in [1.807, 2.05) is 54.8 Å². The highest BCUT2D eigenvalue weighted by molar-refractivity contribution is 7.89. The van der Waals surface area contributed by atoms with E-state index >= 15 is 0 Å². The number of anilines is 1. The van der Waals surface area contributed by atoms with Gasteiger partial charge in [0.1, 0.15) is 10.6 Å². The quantitative estimate of drug-likeness (QED) is 0.601. The van der Waals surface area contributed by atoms with Crippen LogP contribution in [0.25, 0.3) is 5.69 Å². The molecule has 0 bridgehead atoms. The first-order chi connectivity index (χ1) is 14.7. The van der Waals surface area contributed by atoms with Gasteiger partial charge in [-0.1, -0.05) is 18.2 Å². The third-order valence-corrected chi connectivity index (χ3v) is 6.79. The van der Waals surface area contributed by atoms with Crippen molar-refractivity contribution in [1.82, 2.24) is 8.87 Å². The first kappa shape index (κ1) is 22.6. The van der Waals surface area contributed by atoms with Gasteiger partial charge in [-0.25, -0.2) is 12.7 Å². The Morgan fingerprint density at radius 1 is 1.06 bits per heavy atom. The average molecular weight is 442 g/mol. The molecule has 0 atom stereocenters. The minimum absolute atomic E-state index is 0.00640. The van der Waals surface area contributed by atoms with Crippen molar-refractivity contribution < 1.29 is 17.9 Å². The van der Waals surface area contributed by atoms with Crippen LogP contribution in [0.3, 0.4) is 0 Å². The molecule has 31 heavy (non-hydrogen) atoms. The van der Waals surface area contributed by atoms with Gasteiger partial charge in [0.25, 0.3) is 5.91 Å². The van der Waals surface area contributed by atoms with Crippen molar-refractivity contribution in [2.75, 3.05) is 26.0 Å². The number of rotatable bonds is 7. The van der Waals surface area contributed by atoms with E-state index in [0.29, 0.717) is 17.9 Å². The molecule has 1 heterocycles. The summed E-state index contributed by atoms with van der Waals surface area (Å²) in [6.45, 7) is 5.93. The Hall–Kier alpha value is -3.10. The fourth-order valence-electron chi connectivity index (χ4n) is 3.42. The molecule has 0 saturated carbocycles. The molecule has 0 aliphatic rings. The number of carbonyl (C=O) groups is 1. The molecule has 164 valence electrons. The first-order valence-corrected chi connectivity index (χ1v) is 11.4. The van der Waals surface area contributed by atoms with Crippen LogP contribution in [0, 0.1) is 13.8 Å². The van der Waals surface area contributed by atoms with Gasteiger partial charge in [-0.15, -0.1) is 0 Å². The second-order valence-electron chi connectivity index (χ2n) is 7.29. The van der Waals surface area contributed by atoms with Gasteiger partial charge in [0.05, 0.1) is 12.2 Å². The van der Waals surface area contributed by atoms with Crippen LogP contribution in [0.5, 0.6) is 5.75 Å². The Kier molecular flexibility index (Phi) is 6.52. The number of carbonyl (C=O) groups excluding carboxylic acids is 1. The number of para-hydroxylation sites is 1. The number of nitrogens with zero attached hydrogens (tertiary/aromatic N) is 2. The summed E-state index contributed by atoms with van der Waals surface area (Å²) in [5.41, 5.74) is 3.59. The summed E-state index contributed by atoms with van der Waals surface area (Å²) in [7, 11) is -0.840. The number of hydrogen-bond acceptors (Lipinski definition) is 4. The van der Waals surface area contributed by atoms with Crippen LogP contribution in [0.2, 0.25) is 0 Å². The van der Waals surface area contributed by atoms with E-state index in [4.69, 9.17) is 4.74 Å². The summed E-state index contributed by atoms with van der Waals surface area (Å²) in [6.07, 6.45) is 0. The molecule has 0 aliphatic carbocycles. The van der Waals surface area contributed by atoms with E-state index in [9.17, 15) is 13.2 Å². The van der Waals surface area contributed by atoms with Gasteiger partial charge < -0.3 is 14.6 Å². The van der Waals surface area contributed by atoms with Crippen LogP contribution in [-0.2, 0) is 10.0 Å². The highest BCUT2D eigenvalue weighted by atomic mass is 32.2. The maximum Gasteiger partial charge on any atom is 0.257 e. The van der Waals surface area contributed by atoms with E-state index in [1.165, 1.54) is 20.2 Å². The molecule has 7 nitrogen and oxygen atoms in total. The molecule has 3 rings (SSSR count). The zero-order chi connectivity index (χ0) is 22.8. The molecule has 0 fully saturated rings. The molecule has 2 aromatic carbocycles. The van der Waals surface area contributed by atoms with E-state index < -0.39 is 10.0 Å². The van der Waals surface area contributed by atoms with E-state index in [1.54, 1.807) is 19.1 Å². The van der Waals surface area contributed by atoms with Crippen LogP contribution in [-0.4, -0.2) is 43.9 Å². The van der Waals surface area contributed by atoms with Crippen LogP contribution in [0.4, 0.5) is 5.69 Å². The van der Waals surface area contributed by atoms with Gasteiger partial charge in [0, 0.05) is 36.9 Å². The second kappa shape index (κ2) is 8.95. The van der Waals surface area contributed by atoms with Crippen molar-refractivity contribution in [3.05, 3.63) is 71.5 Å². The maximum absolute atomic E-state index is 13.0. The Labute approximate surface area is 183 Å². The summed E-state index contributed by atoms with van der Waals surface area (Å²) >= 11 is 0. The lowest BCUT2D eigenvalue weighted by Crippen LogP contribution is -2.23. The molecule has 0 unspecified atom stereocenters. The molecule has 0 aliphatic heterocycles. The van der Waals surface area contributed by atoms with E-state index in [-0.39, 0.29) is 16.6 Å². The number of hydrogen-bond donors (Lipinski definition) is 1. The zero-order valence-electron chi connectivity index (χ0n) is 18.3. The van der Waals surface area contributed by atoms with E-state index in [2.05, 4.69) is 5.32 Å². The van der Waals surface area contributed by atoms with Crippen molar-refractivity contribution >= 4 is 21.6 Å². The van der Waals surface area contributed by atoms with E-state index in [0.717, 1.165) is 21.4 Å². The SMILES string of the molecule is CCOc1ccc(NC(=O)c2cc(C)n(-c3ccccc3)c2C)cc1S(=O)(=O)N(C)C. The molecule has 0 spiro atoms. The predicted molar refractivity (Wildman–Crippen MR) is 122 cm³/mol. The molecular formula is C23H27N3O4S. The van der Waals surface area contributed by atoms with Crippen molar-refractivity contribution in [2.24, 2.45) is 0 Å². The topological polar surface area (TPSA) is 80.6 Å². The Morgan fingerprint density at radius 3 is 2.35 bits per heavy atom. The molecule has 1 N–H and O–H groups in total. The fourth-order valence-corrected chi connectivity index (χ4v) is 4.47. The van der Waals surface area contributed by atoms with Crippen LogP contribution < -0.4 is 10.1 Å². The van der Waals surface area contributed by atoms with Gasteiger partial charge >= 0.3 is 0 Å². The average Bonchev–Trinajstić information content (AvgIpc) is 3.03. The van der Waals surface area contributed by atoms with Gasteiger partial charge in [0.15, 0.2) is 0 Å². The van der Waals surface area contributed by atoms with Crippen molar-refractivity contribution in [3.63, 3.8) is 0 Å². The van der Waals surface area contributed by atoms with Crippen molar-refractivity contribution in [1.29, 1.82) is 0 Å². The number of sulfonamides is 1. The highest BCUT2D eigenvalue weighted by Crippen LogP contribution is 2.30. The Balaban J connectivity index is 1.96. The summed E-state index contributed by atoms with van der Waals surface area (Å²) < 4.78 is 34.1. The molecule has 0 radical (unpaired) electrons. The fraction of sp³-hybridized carbons (Fsp3) is 0.261. The molecular weight excluding hydrogens is 414 g/mol. The van der Waals surface area contributed by atoms with Crippen LogP contribution in [0.15, 0.2) is 59.5 Å². The summed E-state index contributed by atoms with van der Waals surface area (Å²) in [6, 6.07) is 16.2. The minimum atomic E-state index is -3.75. The molecule has 1 aromatic heterocycles. The zero-order valence-corrected chi connectivity index (χ0v) is 19.2.